The molecule has 0 aliphatic carbocycles. The summed E-state index contributed by atoms with van der Waals surface area (Å²) in [6.07, 6.45) is 0.925. The van der Waals surface area contributed by atoms with Gasteiger partial charge in [-0.1, -0.05) is 13.8 Å². The third-order valence-electron chi connectivity index (χ3n) is 3.06. The first-order chi connectivity index (χ1) is 9.61. The zero-order chi connectivity index (χ0) is 16.2. The van der Waals surface area contributed by atoms with Gasteiger partial charge in [-0.3, -0.25) is 9.59 Å². The Morgan fingerprint density at radius 2 is 1.71 bits per heavy atom. The summed E-state index contributed by atoms with van der Waals surface area (Å²) in [5.41, 5.74) is 0.290. The summed E-state index contributed by atoms with van der Waals surface area (Å²) in [4.78, 5) is 22.9. The van der Waals surface area contributed by atoms with E-state index in [0.717, 1.165) is 6.26 Å². The van der Waals surface area contributed by atoms with Gasteiger partial charge in [-0.2, -0.15) is 0 Å². The quantitative estimate of drug-likeness (QED) is 0.825. The fourth-order valence-corrected chi connectivity index (χ4v) is 2.38. The molecule has 1 atom stereocenters. The van der Waals surface area contributed by atoms with E-state index < -0.39 is 27.8 Å². The predicted octanol–water partition coefficient (Wildman–Crippen LogP) is 1.32. The highest BCUT2D eigenvalue weighted by atomic mass is 32.2. The summed E-state index contributed by atoms with van der Waals surface area (Å²) in [5.74, 6) is -1.43. The number of carboxylic acids is 1. The first-order valence-electron chi connectivity index (χ1n) is 6.44. The van der Waals surface area contributed by atoms with Crippen LogP contribution < -0.4 is 5.32 Å². The number of carboxylic acid groups (broad SMARTS) is 1. The SMILES string of the molecule is CC(C)C(CC(=O)O)NC(=O)c1ccc(S(C)(=O)=O)cc1. The van der Waals surface area contributed by atoms with Gasteiger partial charge in [0.1, 0.15) is 0 Å². The number of hydrogen-bond donors (Lipinski definition) is 2. The molecule has 21 heavy (non-hydrogen) atoms. The molecule has 1 aromatic carbocycles. The molecule has 0 fully saturated rings. The number of carbonyl (C=O) groups excluding carboxylic acids is 1. The Hall–Kier alpha value is -1.89. The van der Waals surface area contributed by atoms with Crippen LogP contribution in [0.4, 0.5) is 0 Å². The summed E-state index contributed by atoms with van der Waals surface area (Å²) < 4.78 is 22.7. The number of hydrogen-bond acceptors (Lipinski definition) is 4. The summed E-state index contributed by atoms with van der Waals surface area (Å²) in [6.45, 7) is 3.64. The topological polar surface area (TPSA) is 101 Å². The Morgan fingerprint density at radius 3 is 2.10 bits per heavy atom. The van der Waals surface area contributed by atoms with Crippen molar-refractivity contribution >= 4 is 21.7 Å². The van der Waals surface area contributed by atoms with Crippen LogP contribution in [0, 0.1) is 5.92 Å². The van der Waals surface area contributed by atoms with E-state index in [1.807, 2.05) is 13.8 Å². The maximum atomic E-state index is 12.0. The summed E-state index contributed by atoms with van der Waals surface area (Å²) >= 11 is 0. The van der Waals surface area contributed by atoms with E-state index in [9.17, 15) is 18.0 Å². The smallest absolute Gasteiger partial charge is 0.305 e. The number of nitrogens with one attached hydrogen (secondary N) is 1. The third kappa shape index (κ3) is 5.18. The molecule has 0 saturated carbocycles. The van der Waals surface area contributed by atoms with Gasteiger partial charge in [-0.05, 0) is 30.2 Å². The number of carbonyl (C=O) groups is 2. The molecule has 1 aromatic rings. The minimum Gasteiger partial charge on any atom is -0.481 e. The molecule has 0 aliphatic heterocycles. The number of sulfone groups is 1. The van der Waals surface area contributed by atoms with Gasteiger partial charge in [-0.15, -0.1) is 0 Å². The Bertz CT molecular complexity index is 619. The highest BCUT2D eigenvalue weighted by Gasteiger charge is 2.20. The van der Waals surface area contributed by atoms with Crippen molar-refractivity contribution in [2.45, 2.75) is 31.2 Å². The van der Waals surface area contributed by atoms with Crippen LogP contribution >= 0.6 is 0 Å². The molecule has 0 bridgehead atoms. The van der Waals surface area contributed by atoms with Gasteiger partial charge in [-0.25, -0.2) is 8.42 Å². The van der Waals surface area contributed by atoms with E-state index in [2.05, 4.69) is 5.32 Å². The highest BCUT2D eigenvalue weighted by molar-refractivity contribution is 7.90. The Balaban J connectivity index is 2.86. The standard InChI is InChI=1S/C14H19NO5S/c1-9(2)12(8-13(16)17)15-14(18)10-4-6-11(7-5-10)21(3,19)20/h4-7,9,12H,8H2,1-3H3,(H,15,18)(H,16,17). The normalized spacial score (nSPS) is 13.0. The van der Waals surface area contributed by atoms with Crippen molar-refractivity contribution in [2.24, 2.45) is 5.92 Å². The molecule has 2 N–H and O–H groups in total. The fraction of sp³-hybridized carbons (Fsp3) is 0.429. The number of amides is 1. The second-order valence-corrected chi connectivity index (χ2v) is 7.23. The lowest BCUT2D eigenvalue weighted by molar-refractivity contribution is -0.137. The molecule has 1 rings (SSSR count). The lowest BCUT2D eigenvalue weighted by Crippen LogP contribution is -2.40. The van der Waals surface area contributed by atoms with Gasteiger partial charge in [0.25, 0.3) is 5.91 Å². The molecule has 1 amide bonds. The van der Waals surface area contributed by atoms with Gasteiger partial charge in [0, 0.05) is 17.9 Å². The summed E-state index contributed by atoms with van der Waals surface area (Å²) in [7, 11) is -3.31. The Morgan fingerprint density at radius 1 is 1.19 bits per heavy atom. The zero-order valence-corrected chi connectivity index (χ0v) is 13.0. The van der Waals surface area contributed by atoms with Gasteiger partial charge in [0.2, 0.25) is 0 Å². The summed E-state index contributed by atoms with van der Waals surface area (Å²) in [6, 6.07) is 5.04. The van der Waals surface area contributed by atoms with Crippen molar-refractivity contribution in [2.75, 3.05) is 6.26 Å². The molecule has 7 heteroatoms. The monoisotopic (exact) mass is 313 g/mol. The first-order valence-corrected chi connectivity index (χ1v) is 8.33. The van der Waals surface area contributed by atoms with Crippen molar-refractivity contribution in [3.63, 3.8) is 0 Å². The van der Waals surface area contributed by atoms with Gasteiger partial charge in [0.05, 0.1) is 11.3 Å². The minimum atomic E-state index is -3.31. The average Bonchev–Trinajstić information content (AvgIpc) is 2.36. The molecule has 0 radical (unpaired) electrons. The second kappa shape index (κ2) is 6.71. The van der Waals surface area contributed by atoms with E-state index in [1.54, 1.807) is 0 Å². The predicted molar refractivity (Wildman–Crippen MR) is 77.9 cm³/mol. The molecule has 0 heterocycles. The minimum absolute atomic E-state index is 0.0275. The number of benzene rings is 1. The molecule has 116 valence electrons. The third-order valence-corrected chi connectivity index (χ3v) is 4.19. The molecule has 0 saturated heterocycles. The zero-order valence-electron chi connectivity index (χ0n) is 12.2. The Labute approximate surface area is 124 Å². The van der Waals surface area contributed by atoms with Crippen LogP contribution in [-0.2, 0) is 14.6 Å². The molecular weight excluding hydrogens is 294 g/mol. The fourth-order valence-electron chi connectivity index (χ4n) is 1.75. The van der Waals surface area contributed by atoms with Crippen molar-refractivity contribution < 1.29 is 23.1 Å². The molecule has 0 spiro atoms. The van der Waals surface area contributed by atoms with E-state index in [4.69, 9.17) is 5.11 Å². The van der Waals surface area contributed by atoms with Gasteiger partial charge >= 0.3 is 5.97 Å². The van der Waals surface area contributed by atoms with Crippen molar-refractivity contribution in [1.82, 2.24) is 5.32 Å². The van der Waals surface area contributed by atoms with Crippen LogP contribution in [0.25, 0.3) is 0 Å². The van der Waals surface area contributed by atoms with Crippen LogP contribution in [0.5, 0.6) is 0 Å². The second-order valence-electron chi connectivity index (χ2n) is 5.22. The van der Waals surface area contributed by atoms with E-state index >= 15 is 0 Å². The van der Waals surface area contributed by atoms with Crippen molar-refractivity contribution in [1.29, 1.82) is 0 Å². The lowest BCUT2D eigenvalue weighted by atomic mass is 10.0. The van der Waals surface area contributed by atoms with Gasteiger partial charge in [0.15, 0.2) is 9.84 Å². The number of rotatable bonds is 6. The maximum Gasteiger partial charge on any atom is 0.305 e. The average molecular weight is 313 g/mol. The molecular formula is C14H19NO5S. The highest BCUT2D eigenvalue weighted by Crippen LogP contribution is 2.12. The Kier molecular flexibility index (Phi) is 5.48. The van der Waals surface area contributed by atoms with Gasteiger partial charge < -0.3 is 10.4 Å². The lowest BCUT2D eigenvalue weighted by Gasteiger charge is -2.20. The first kappa shape index (κ1) is 17.2. The van der Waals surface area contributed by atoms with Crippen molar-refractivity contribution in [3.8, 4) is 0 Å². The molecule has 0 aromatic heterocycles. The van der Waals surface area contributed by atoms with Crippen LogP contribution in [0.1, 0.15) is 30.6 Å². The van der Waals surface area contributed by atoms with E-state index in [1.165, 1.54) is 24.3 Å². The van der Waals surface area contributed by atoms with E-state index in [-0.39, 0.29) is 17.2 Å². The van der Waals surface area contributed by atoms with Crippen LogP contribution in [-0.4, -0.2) is 37.7 Å². The molecule has 1 unspecified atom stereocenters. The van der Waals surface area contributed by atoms with E-state index in [0.29, 0.717) is 5.56 Å². The van der Waals surface area contributed by atoms with Crippen LogP contribution in [0.3, 0.4) is 0 Å². The maximum absolute atomic E-state index is 12.0. The molecule has 0 aliphatic rings. The number of aliphatic carboxylic acids is 1. The largest absolute Gasteiger partial charge is 0.481 e. The van der Waals surface area contributed by atoms with Crippen LogP contribution in [0.15, 0.2) is 29.2 Å². The molecule has 6 nitrogen and oxygen atoms in total. The summed E-state index contributed by atoms with van der Waals surface area (Å²) in [5, 5.41) is 11.5. The van der Waals surface area contributed by atoms with Crippen LogP contribution in [0.2, 0.25) is 0 Å². The van der Waals surface area contributed by atoms with Crippen molar-refractivity contribution in [3.05, 3.63) is 29.8 Å².